The van der Waals surface area contributed by atoms with Gasteiger partial charge >= 0.3 is 0 Å². The van der Waals surface area contributed by atoms with Crippen molar-refractivity contribution in [3.8, 4) is 33.4 Å². The predicted molar refractivity (Wildman–Crippen MR) is 212 cm³/mol. The fourth-order valence-corrected chi connectivity index (χ4v) is 7.37. The van der Waals surface area contributed by atoms with E-state index in [2.05, 4.69) is 187 Å². The second kappa shape index (κ2) is 11.9. The lowest BCUT2D eigenvalue weighted by atomic mass is 10.0. The summed E-state index contributed by atoms with van der Waals surface area (Å²) in [5, 5.41) is 4.18. The summed E-state index contributed by atoms with van der Waals surface area (Å²) in [6.45, 7) is 0. The van der Waals surface area contributed by atoms with E-state index < -0.39 is 0 Å². The van der Waals surface area contributed by atoms with Gasteiger partial charge in [0.15, 0.2) is 0 Å². The highest BCUT2D eigenvalue weighted by Gasteiger charge is 2.21. The minimum Gasteiger partial charge on any atom is -0.456 e. The van der Waals surface area contributed by atoms with Crippen LogP contribution in [0.5, 0.6) is 0 Å². The van der Waals surface area contributed by atoms with Crippen LogP contribution in [0, 0.1) is 0 Å². The van der Waals surface area contributed by atoms with E-state index in [9.17, 15) is 0 Å². The van der Waals surface area contributed by atoms with Gasteiger partial charge in [-0.15, -0.1) is 0 Å². The molecule has 240 valence electrons. The molecule has 0 aliphatic rings. The van der Waals surface area contributed by atoms with Crippen molar-refractivity contribution in [1.82, 2.24) is 0 Å². The van der Waals surface area contributed by atoms with E-state index in [0.717, 1.165) is 72.1 Å². The summed E-state index contributed by atoms with van der Waals surface area (Å²) in [4.78, 5) is 2.33. The van der Waals surface area contributed by atoms with Gasteiger partial charge in [-0.25, -0.2) is 0 Å². The van der Waals surface area contributed by atoms with Gasteiger partial charge in [-0.05, 0) is 94.0 Å². The predicted octanol–water partition coefficient (Wildman–Crippen LogP) is 14.0. The molecule has 0 saturated carbocycles. The lowest BCUT2D eigenvalue weighted by molar-refractivity contribution is 0.664. The Hall–Kier alpha value is -6.84. The van der Waals surface area contributed by atoms with Crippen LogP contribution in [0.15, 0.2) is 197 Å². The third-order valence-corrected chi connectivity index (χ3v) is 9.88. The van der Waals surface area contributed by atoms with Crippen LogP contribution in [0.3, 0.4) is 0 Å². The van der Waals surface area contributed by atoms with Gasteiger partial charge in [-0.2, -0.15) is 0 Å². The summed E-state index contributed by atoms with van der Waals surface area (Å²) in [5.41, 5.74) is 13.5. The molecule has 0 N–H and O–H groups in total. The molecular weight excluding hydrogens is 623 g/mol. The molecule has 0 fully saturated rings. The zero-order chi connectivity index (χ0) is 33.7. The molecule has 10 aromatic rings. The second-order valence-corrected chi connectivity index (χ2v) is 12.9. The highest BCUT2D eigenvalue weighted by atomic mass is 16.3. The van der Waals surface area contributed by atoms with E-state index >= 15 is 0 Å². The Kier molecular flexibility index (Phi) is 6.81. The van der Waals surface area contributed by atoms with Gasteiger partial charge in [-0.3, -0.25) is 0 Å². The maximum Gasteiger partial charge on any atom is 0.137 e. The number of anilines is 3. The largest absolute Gasteiger partial charge is 0.456 e. The van der Waals surface area contributed by atoms with Crippen molar-refractivity contribution >= 4 is 60.9 Å². The third-order valence-electron chi connectivity index (χ3n) is 9.88. The van der Waals surface area contributed by atoms with Gasteiger partial charge in [0.25, 0.3) is 0 Å². The summed E-state index contributed by atoms with van der Waals surface area (Å²) in [5.74, 6) is 0. The Bertz CT molecular complexity index is 2730. The molecule has 0 spiro atoms. The average molecular weight is 654 g/mol. The molecule has 0 bridgehead atoms. The standard InChI is InChI=1S/C48H31NO2/c1-4-11-32(12-5-1)35-19-24-38(25-20-35)49(39-26-21-36(22-27-39)33-13-6-2-7-14-33)43-17-10-18-44-48(43)42-31-46-41(30-47(42)50-44)40-28-23-37(29-45(40)51-46)34-15-8-3-9-16-34/h1-31H. The molecule has 3 heteroatoms. The van der Waals surface area contributed by atoms with Crippen LogP contribution in [0.2, 0.25) is 0 Å². The Morgan fingerprint density at radius 3 is 1.33 bits per heavy atom. The van der Waals surface area contributed by atoms with Crippen molar-refractivity contribution in [3.63, 3.8) is 0 Å². The van der Waals surface area contributed by atoms with Gasteiger partial charge in [0, 0.05) is 27.5 Å². The smallest absolute Gasteiger partial charge is 0.137 e. The van der Waals surface area contributed by atoms with E-state index in [0.29, 0.717) is 0 Å². The molecule has 8 aromatic carbocycles. The SMILES string of the molecule is c1ccc(-c2ccc(N(c3ccc(-c4ccccc4)cc3)c3cccc4oc5cc6c(cc5c34)oc3cc(-c4ccccc4)ccc36)cc2)cc1. The summed E-state index contributed by atoms with van der Waals surface area (Å²) in [7, 11) is 0. The number of furan rings is 2. The number of hydrogen-bond donors (Lipinski definition) is 0. The molecule has 0 amide bonds. The normalized spacial score (nSPS) is 11.5. The molecule has 3 nitrogen and oxygen atoms in total. The number of fused-ring (bicyclic) bond motifs is 6. The summed E-state index contributed by atoms with van der Waals surface area (Å²) >= 11 is 0. The van der Waals surface area contributed by atoms with Crippen LogP contribution in [0.4, 0.5) is 17.1 Å². The topological polar surface area (TPSA) is 29.5 Å². The fraction of sp³-hybridized carbons (Fsp3) is 0. The first kappa shape index (κ1) is 29.1. The van der Waals surface area contributed by atoms with Crippen molar-refractivity contribution < 1.29 is 8.83 Å². The molecule has 0 aliphatic heterocycles. The molecule has 51 heavy (non-hydrogen) atoms. The number of nitrogens with zero attached hydrogens (tertiary/aromatic N) is 1. The van der Waals surface area contributed by atoms with Crippen LogP contribution >= 0.6 is 0 Å². The van der Waals surface area contributed by atoms with Gasteiger partial charge in [0.05, 0.1) is 11.1 Å². The molecule has 0 unspecified atom stereocenters. The molecule has 2 heterocycles. The Morgan fingerprint density at radius 1 is 0.294 bits per heavy atom. The Balaban J connectivity index is 1.15. The first-order valence-corrected chi connectivity index (χ1v) is 17.2. The molecule has 0 aliphatic carbocycles. The third kappa shape index (κ3) is 5.06. The molecule has 0 saturated heterocycles. The quantitative estimate of drug-likeness (QED) is 0.179. The summed E-state index contributed by atoms with van der Waals surface area (Å²) in [6, 6.07) is 66.1. The molecule has 10 rings (SSSR count). The van der Waals surface area contributed by atoms with Crippen molar-refractivity contribution in [2.45, 2.75) is 0 Å². The summed E-state index contributed by atoms with van der Waals surface area (Å²) < 4.78 is 13.2. The van der Waals surface area contributed by atoms with Crippen LogP contribution < -0.4 is 4.90 Å². The zero-order valence-electron chi connectivity index (χ0n) is 27.7. The maximum absolute atomic E-state index is 6.62. The maximum atomic E-state index is 6.62. The molecule has 2 aromatic heterocycles. The highest BCUT2D eigenvalue weighted by Crippen LogP contribution is 2.45. The minimum absolute atomic E-state index is 0.831. The average Bonchev–Trinajstić information content (AvgIpc) is 3.75. The van der Waals surface area contributed by atoms with E-state index in [1.807, 2.05) is 6.07 Å². The van der Waals surface area contributed by atoms with Gasteiger partial charge in [0.1, 0.15) is 22.3 Å². The van der Waals surface area contributed by atoms with Crippen molar-refractivity contribution in [1.29, 1.82) is 0 Å². The van der Waals surface area contributed by atoms with E-state index in [1.54, 1.807) is 0 Å². The zero-order valence-corrected chi connectivity index (χ0v) is 27.7. The van der Waals surface area contributed by atoms with E-state index in [-0.39, 0.29) is 0 Å². The van der Waals surface area contributed by atoms with Crippen LogP contribution in [-0.4, -0.2) is 0 Å². The van der Waals surface area contributed by atoms with Crippen molar-refractivity contribution in [2.75, 3.05) is 4.90 Å². The van der Waals surface area contributed by atoms with E-state index in [4.69, 9.17) is 8.83 Å². The minimum atomic E-state index is 0.831. The van der Waals surface area contributed by atoms with Gasteiger partial charge in [0.2, 0.25) is 0 Å². The number of benzene rings is 8. The van der Waals surface area contributed by atoms with E-state index in [1.165, 1.54) is 22.3 Å². The second-order valence-electron chi connectivity index (χ2n) is 12.9. The van der Waals surface area contributed by atoms with Gasteiger partial charge in [-0.1, -0.05) is 127 Å². The van der Waals surface area contributed by atoms with Gasteiger partial charge < -0.3 is 13.7 Å². The fourth-order valence-electron chi connectivity index (χ4n) is 7.37. The van der Waals surface area contributed by atoms with Crippen LogP contribution in [0.1, 0.15) is 0 Å². The summed E-state index contributed by atoms with van der Waals surface area (Å²) in [6.07, 6.45) is 0. The first-order valence-electron chi connectivity index (χ1n) is 17.2. The Morgan fingerprint density at radius 2 is 0.745 bits per heavy atom. The van der Waals surface area contributed by atoms with Crippen molar-refractivity contribution in [3.05, 3.63) is 188 Å². The van der Waals surface area contributed by atoms with Crippen LogP contribution in [-0.2, 0) is 0 Å². The lowest BCUT2D eigenvalue weighted by Crippen LogP contribution is -2.10. The number of hydrogen-bond acceptors (Lipinski definition) is 3. The molecule has 0 radical (unpaired) electrons. The number of rotatable bonds is 6. The van der Waals surface area contributed by atoms with Crippen LogP contribution in [0.25, 0.3) is 77.3 Å². The first-order chi connectivity index (χ1) is 25.3. The van der Waals surface area contributed by atoms with Crippen molar-refractivity contribution in [2.24, 2.45) is 0 Å². The Labute approximate surface area is 295 Å². The molecular formula is C48H31NO2. The highest BCUT2D eigenvalue weighted by molar-refractivity contribution is 6.18. The molecule has 0 atom stereocenters. The lowest BCUT2D eigenvalue weighted by Gasteiger charge is -2.26. The monoisotopic (exact) mass is 653 g/mol.